The first-order valence-electron chi connectivity index (χ1n) is 9.03. The van der Waals surface area contributed by atoms with Crippen molar-refractivity contribution in [2.24, 2.45) is 23.2 Å². The number of hydrogen-bond donors (Lipinski definition) is 1. The van der Waals surface area contributed by atoms with E-state index < -0.39 is 0 Å². The van der Waals surface area contributed by atoms with Crippen LogP contribution in [0.1, 0.15) is 57.1 Å². The topological polar surface area (TPSA) is 38.3 Å². The van der Waals surface area contributed by atoms with Gasteiger partial charge in [0.2, 0.25) is 5.91 Å². The van der Waals surface area contributed by atoms with E-state index in [0.717, 1.165) is 48.3 Å². The fraction of sp³-hybridized carbons (Fsp3) is 0.650. The summed E-state index contributed by atoms with van der Waals surface area (Å²) in [6, 6.07) is 8.07. The number of methoxy groups -OCH3 is 1. The molecular formula is C20H27NO2. The van der Waals surface area contributed by atoms with Crippen molar-refractivity contribution in [3.05, 3.63) is 29.8 Å². The third-order valence-corrected chi connectivity index (χ3v) is 6.48. The van der Waals surface area contributed by atoms with Crippen molar-refractivity contribution in [3.63, 3.8) is 0 Å². The molecule has 0 spiro atoms. The van der Waals surface area contributed by atoms with Gasteiger partial charge in [-0.25, -0.2) is 0 Å². The third-order valence-electron chi connectivity index (χ3n) is 6.48. The average molecular weight is 313 g/mol. The van der Waals surface area contributed by atoms with Crippen LogP contribution >= 0.6 is 0 Å². The molecule has 124 valence electrons. The predicted octanol–water partition coefficient (Wildman–Crippen LogP) is 4.09. The van der Waals surface area contributed by atoms with E-state index in [-0.39, 0.29) is 11.5 Å². The Kier molecular flexibility index (Phi) is 3.62. The number of amides is 1. The molecule has 0 aliphatic heterocycles. The van der Waals surface area contributed by atoms with Gasteiger partial charge in [-0.2, -0.15) is 0 Å². The second-order valence-electron chi connectivity index (χ2n) is 8.17. The molecule has 1 N–H and O–H groups in total. The van der Waals surface area contributed by atoms with Gasteiger partial charge in [-0.3, -0.25) is 4.79 Å². The molecule has 0 aromatic heterocycles. The minimum absolute atomic E-state index is 0.0569. The van der Waals surface area contributed by atoms with Gasteiger partial charge in [-0.1, -0.05) is 12.1 Å². The second kappa shape index (κ2) is 5.54. The highest BCUT2D eigenvalue weighted by atomic mass is 16.5. The zero-order chi connectivity index (χ0) is 16.0. The fourth-order valence-corrected chi connectivity index (χ4v) is 5.71. The van der Waals surface area contributed by atoms with Crippen molar-refractivity contribution < 1.29 is 9.53 Å². The minimum atomic E-state index is -0.0600. The van der Waals surface area contributed by atoms with Crippen LogP contribution in [0.2, 0.25) is 0 Å². The average Bonchev–Trinajstić information content (AvgIpc) is 2.53. The molecule has 0 heterocycles. The summed E-state index contributed by atoms with van der Waals surface area (Å²) >= 11 is 0. The van der Waals surface area contributed by atoms with E-state index in [1.807, 2.05) is 24.3 Å². The van der Waals surface area contributed by atoms with E-state index in [4.69, 9.17) is 4.74 Å². The van der Waals surface area contributed by atoms with Gasteiger partial charge in [0.05, 0.1) is 13.2 Å². The van der Waals surface area contributed by atoms with Crippen molar-refractivity contribution in [2.75, 3.05) is 7.11 Å². The summed E-state index contributed by atoms with van der Waals surface area (Å²) in [6.45, 7) is 2.08. The summed E-state index contributed by atoms with van der Waals surface area (Å²) in [4.78, 5) is 13.1. The zero-order valence-corrected chi connectivity index (χ0v) is 14.2. The van der Waals surface area contributed by atoms with Gasteiger partial charge in [-0.05, 0) is 80.9 Å². The highest BCUT2D eigenvalue weighted by Gasteiger charge is 2.54. The van der Waals surface area contributed by atoms with Gasteiger partial charge in [0.1, 0.15) is 5.75 Å². The molecule has 1 amide bonds. The first-order valence-corrected chi connectivity index (χ1v) is 9.03. The molecule has 23 heavy (non-hydrogen) atoms. The number of rotatable bonds is 4. The van der Waals surface area contributed by atoms with Crippen molar-refractivity contribution in [1.29, 1.82) is 0 Å². The summed E-state index contributed by atoms with van der Waals surface area (Å²) in [5.41, 5.74) is 1.08. The lowest BCUT2D eigenvalue weighted by atomic mass is 9.49. The first-order chi connectivity index (χ1) is 11.1. The number of carbonyl (C=O) groups excluding carboxylic acids is 1. The van der Waals surface area contributed by atoms with Gasteiger partial charge in [-0.15, -0.1) is 0 Å². The molecule has 4 fully saturated rings. The summed E-state index contributed by atoms with van der Waals surface area (Å²) in [7, 11) is 1.67. The summed E-state index contributed by atoms with van der Waals surface area (Å²) in [5, 5.41) is 3.31. The number of benzene rings is 1. The largest absolute Gasteiger partial charge is 0.497 e. The third kappa shape index (κ3) is 2.64. The SMILES string of the molecule is COc1ccc([C@@H](C)NC(=O)C23CC4CC(CC(C4)C2)C3)cc1. The van der Waals surface area contributed by atoms with Crippen LogP contribution in [-0.4, -0.2) is 13.0 Å². The Morgan fingerprint density at radius 3 is 2.09 bits per heavy atom. The smallest absolute Gasteiger partial charge is 0.226 e. The maximum absolute atomic E-state index is 13.1. The summed E-state index contributed by atoms with van der Waals surface area (Å²) < 4.78 is 5.21. The maximum Gasteiger partial charge on any atom is 0.226 e. The molecule has 0 saturated heterocycles. The van der Waals surface area contributed by atoms with Crippen LogP contribution in [0, 0.1) is 23.2 Å². The molecule has 3 heteroatoms. The number of nitrogens with one attached hydrogen (secondary N) is 1. The molecule has 1 aromatic rings. The predicted molar refractivity (Wildman–Crippen MR) is 90.2 cm³/mol. The Labute approximate surface area is 138 Å². The molecular weight excluding hydrogens is 286 g/mol. The second-order valence-corrected chi connectivity index (χ2v) is 8.17. The Balaban J connectivity index is 1.46. The molecule has 4 aliphatic rings. The van der Waals surface area contributed by atoms with Crippen molar-refractivity contribution in [1.82, 2.24) is 5.32 Å². The molecule has 0 unspecified atom stereocenters. The lowest BCUT2D eigenvalue weighted by molar-refractivity contribution is -0.147. The summed E-state index contributed by atoms with van der Waals surface area (Å²) in [5.74, 6) is 3.59. The molecule has 4 saturated carbocycles. The normalized spacial score (nSPS) is 35.8. The number of hydrogen-bond acceptors (Lipinski definition) is 2. The van der Waals surface area contributed by atoms with Crippen molar-refractivity contribution >= 4 is 5.91 Å². The monoisotopic (exact) mass is 313 g/mol. The Morgan fingerprint density at radius 2 is 1.61 bits per heavy atom. The quantitative estimate of drug-likeness (QED) is 0.909. The van der Waals surface area contributed by atoms with E-state index >= 15 is 0 Å². The van der Waals surface area contributed by atoms with E-state index in [1.165, 1.54) is 19.3 Å². The van der Waals surface area contributed by atoms with Crippen molar-refractivity contribution in [2.45, 2.75) is 51.5 Å². The maximum atomic E-state index is 13.1. The lowest BCUT2D eigenvalue weighted by Crippen LogP contribution is -2.53. The molecule has 5 rings (SSSR count). The van der Waals surface area contributed by atoms with E-state index in [9.17, 15) is 4.79 Å². The first kappa shape index (κ1) is 15.0. The van der Waals surface area contributed by atoms with Crippen LogP contribution in [0.4, 0.5) is 0 Å². The van der Waals surface area contributed by atoms with Crippen molar-refractivity contribution in [3.8, 4) is 5.75 Å². The zero-order valence-electron chi connectivity index (χ0n) is 14.2. The summed E-state index contributed by atoms with van der Waals surface area (Å²) in [6.07, 6.45) is 7.50. The molecule has 4 bridgehead atoms. The van der Waals surface area contributed by atoms with Crippen LogP contribution in [0.3, 0.4) is 0 Å². The molecule has 4 aliphatic carbocycles. The van der Waals surface area contributed by atoms with Gasteiger partial charge in [0.15, 0.2) is 0 Å². The van der Waals surface area contributed by atoms with Gasteiger partial charge < -0.3 is 10.1 Å². The van der Waals surface area contributed by atoms with Gasteiger partial charge in [0, 0.05) is 5.41 Å². The van der Waals surface area contributed by atoms with E-state index in [0.29, 0.717) is 5.91 Å². The lowest BCUT2D eigenvalue weighted by Gasteiger charge is -2.55. The minimum Gasteiger partial charge on any atom is -0.497 e. The molecule has 3 nitrogen and oxygen atoms in total. The Bertz CT molecular complexity index is 557. The standard InChI is InChI=1S/C20H27NO2/c1-13(17-3-5-18(23-2)6-4-17)21-19(22)20-10-14-7-15(11-20)9-16(8-14)12-20/h3-6,13-16H,7-12H2,1-2H3,(H,21,22)/t13-,14?,15?,16?,20?/m1/s1. The fourth-order valence-electron chi connectivity index (χ4n) is 5.71. The van der Waals surface area contributed by atoms with Crippen LogP contribution in [-0.2, 0) is 4.79 Å². The Morgan fingerprint density at radius 1 is 1.09 bits per heavy atom. The highest BCUT2D eigenvalue weighted by molar-refractivity contribution is 5.83. The molecule has 1 atom stereocenters. The van der Waals surface area contributed by atoms with E-state index in [2.05, 4.69) is 12.2 Å². The molecule has 1 aromatic carbocycles. The number of carbonyl (C=O) groups is 1. The van der Waals surface area contributed by atoms with Gasteiger partial charge in [0.25, 0.3) is 0 Å². The molecule has 0 radical (unpaired) electrons. The van der Waals surface area contributed by atoms with E-state index in [1.54, 1.807) is 7.11 Å². The van der Waals surface area contributed by atoms with Crippen LogP contribution in [0.25, 0.3) is 0 Å². The number of ether oxygens (including phenoxy) is 1. The van der Waals surface area contributed by atoms with Crippen LogP contribution in [0.5, 0.6) is 5.75 Å². The van der Waals surface area contributed by atoms with Crippen LogP contribution in [0.15, 0.2) is 24.3 Å². The highest BCUT2D eigenvalue weighted by Crippen LogP contribution is 2.60. The Hall–Kier alpha value is -1.51. The van der Waals surface area contributed by atoms with Crippen LogP contribution < -0.4 is 10.1 Å². The van der Waals surface area contributed by atoms with Gasteiger partial charge >= 0.3 is 0 Å².